The van der Waals surface area contributed by atoms with Crippen LogP contribution in [0, 0.1) is 6.92 Å². The van der Waals surface area contributed by atoms with Crippen LogP contribution in [0.25, 0.3) is 0 Å². The van der Waals surface area contributed by atoms with Crippen molar-refractivity contribution in [2.75, 3.05) is 5.32 Å². The third-order valence-corrected chi connectivity index (χ3v) is 2.76. The quantitative estimate of drug-likeness (QED) is 0.827. The minimum absolute atomic E-state index is 0.450. The standard InChI is InChI=1S/C11H9Cl2N3/c1-7-10(13)14-6-15-11(7)16-9-4-2-8(12)3-5-9/h2-6H,1H3,(H,14,15,16). The van der Waals surface area contributed by atoms with Gasteiger partial charge in [0.25, 0.3) is 0 Å². The molecule has 2 rings (SSSR count). The summed E-state index contributed by atoms with van der Waals surface area (Å²) in [5, 5.41) is 4.29. The Morgan fingerprint density at radius 3 is 2.44 bits per heavy atom. The summed E-state index contributed by atoms with van der Waals surface area (Å²) < 4.78 is 0. The molecular formula is C11H9Cl2N3. The van der Waals surface area contributed by atoms with Crippen molar-refractivity contribution in [1.29, 1.82) is 0 Å². The number of aromatic nitrogens is 2. The van der Waals surface area contributed by atoms with Gasteiger partial charge < -0.3 is 5.32 Å². The van der Waals surface area contributed by atoms with Gasteiger partial charge in [-0.15, -0.1) is 0 Å². The van der Waals surface area contributed by atoms with Crippen molar-refractivity contribution in [3.63, 3.8) is 0 Å². The zero-order valence-corrected chi connectivity index (χ0v) is 10.0. The van der Waals surface area contributed by atoms with Crippen LogP contribution in [0.1, 0.15) is 5.56 Å². The molecule has 82 valence electrons. The number of hydrogen-bond acceptors (Lipinski definition) is 3. The van der Waals surface area contributed by atoms with E-state index in [2.05, 4.69) is 15.3 Å². The van der Waals surface area contributed by atoms with Gasteiger partial charge in [0, 0.05) is 16.3 Å². The van der Waals surface area contributed by atoms with E-state index in [0.29, 0.717) is 16.0 Å². The summed E-state index contributed by atoms with van der Waals surface area (Å²) in [5.74, 6) is 0.697. The normalized spacial score (nSPS) is 10.2. The second kappa shape index (κ2) is 4.68. The zero-order chi connectivity index (χ0) is 11.5. The van der Waals surface area contributed by atoms with Crippen molar-refractivity contribution in [3.05, 3.63) is 46.3 Å². The third kappa shape index (κ3) is 2.43. The first-order valence-electron chi connectivity index (χ1n) is 4.66. The molecule has 0 radical (unpaired) electrons. The Morgan fingerprint density at radius 2 is 1.75 bits per heavy atom. The summed E-state index contributed by atoms with van der Waals surface area (Å²) in [5.41, 5.74) is 1.72. The third-order valence-electron chi connectivity index (χ3n) is 2.13. The maximum Gasteiger partial charge on any atom is 0.138 e. The van der Waals surface area contributed by atoms with E-state index in [4.69, 9.17) is 23.2 Å². The van der Waals surface area contributed by atoms with E-state index in [1.807, 2.05) is 31.2 Å². The van der Waals surface area contributed by atoms with E-state index < -0.39 is 0 Å². The molecule has 1 N–H and O–H groups in total. The number of hydrogen-bond donors (Lipinski definition) is 1. The molecule has 0 aliphatic rings. The molecule has 1 heterocycles. The van der Waals surface area contributed by atoms with Crippen LogP contribution in [0.15, 0.2) is 30.6 Å². The van der Waals surface area contributed by atoms with E-state index in [0.717, 1.165) is 11.3 Å². The minimum Gasteiger partial charge on any atom is -0.340 e. The van der Waals surface area contributed by atoms with E-state index in [-0.39, 0.29) is 0 Å². The van der Waals surface area contributed by atoms with Crippen LogP contribution in [0.5, 0.6) is 0 Å². The SMILES string of the molecule is Cc1c(Cl)ncnc1Nc1ccc(Cl)cc1. The molecule has 2 aromatic rings. The van der Waals surface area contributed by atoms with Crippen LogP contribution < -0.4 is 5.32 Å². The number of anilines is 2. The van der Waals surface area contributed by atoms with Crippen molar-refractivity contribution in [2.45, 2.75) is 6.92 Å². The molecule has 0 aliphatic carbocycles. The van der Waals surface area contributed by atoms with Gasteiger partial charge in [-0.05, 0) is 31.2 Å². The molecule has 0 saturated carbocycles. The van der Waals surface area contributed by atoms with Crippen LogP contribution in [-0.4, -0.2) is 9.97 Å². The topological polar surface area (TPSA) is 37.8 Å². The lowest BCUT2D eigenvalue weighted by Gasteiger charge is -2.08. The monoisotopic (exact) mass is 253 g/mol. The lowest BCUT2D eigenvalue weighted by atomic mass is 10.3. The smallest absolute Gasteiger partial charge is 0.138 e. The number of nitrogens with one attached hydrogen (secondary N) is 1. The highest BCUT2D eigenvalue weighted by Crippen LogP contribution is 2.22. The van der Waals surface area contributed by atoms with Crippen molar-refractivity contribution < 1.29 is 0 Å². The van der Waals surface area contributed by atoms with Crippen molar-refractivity contribution in [1.82, 2.24) is 9.97 Å². The molecule has 0 atom stereocenters. The predicted molar refractivity (Wildman–Crippen MR) is 66.5 cm³/mol. The Morgan fingerprint density at radius 1 is 1.06 bits per heavy atom. The molecular weight excluding hydrogens is 245 g/mol. The van der Waals surface area contributed by atoms with Gasteiger partial charge in [-0.25, -0.2) is 9.97 Å². The van der Waals surface area contributed by atoms with E-state index in [9.17, 15) is 0 Å². The molecule has 0 bridgehead atoms. The number of benzene rings is 1. The Labute approximate surface area is 103 Å². The summed E-state index contributed by atoms with van der Waals surface area (Å²) in [6.07, 6.45) is 1.42. The average Bonchev–Trinajstić information content (AvgIpc) is 2.28. The van der Waals surface area contributed by atoms with Gasteiger partial charge in [-0.3, -0.25) is 0 Å². The van der Waals surface area contributed by atoms with Gasteiger partial charge in [0.15, 0.2) is 0 Å². The highest BCUT2D eigenvalue weighted by molar-refractivity contribution is 6.30. The van der Waals surface area contributed by atoms with Crippen molar-refractivity contribution in [3.8, 4) is 0 Å². The Bertz CT molecular complexity index is 497. The molecule has 1 aromatic heterocycles. The molecule has 5 heteroatoms. The highest BCUT2D eigenvalue weighted by atomic mass is 35.5. The maximum absolute atomic E-state index is 5.89. The van der Waals surface area contributed by atoms with Crippen LogP contribution in [0.2, 0.25) is 10.2 Å². The van der Waals surface area contributed by atoms with Crippen LogP contribution in [0.3, 0.4) is 0 Å². The van der Waals surface area contributed by atoms with Gasteiger partial charge >= 0.3 is 0 Å². The van der Waals surface area contributed by atoms with Gasteiger partial charge in [0.05, 0.1) is 0 Å². The van der Waals surface area contributed by atoms with Gasteiger partial charge in [0.2, 0.25) is 0 Å². The molecule has 0 unspecified atom stereocenters. The van der Waals surface area contributed by atoms with Crippen LogP contribution in [-0.2, 0) is 0 Å². The number of nitrogens with zero attached hydrogens (tertiary/aromatic N) is 2. The predicted octanol–water partition coefficient (Wildman–Crippen LogP) is 3.84. The lowest BCUT2D eigenvalue weighted by Crippen LogP contribution is -1.97. The fourth-order valence-electron chi connectivity index (χ4n) is 1.22. The van der Waals surface area contributed by atoms with Gasteiger partial charge in [-0.2, -0.15) is 0 Å². The van der Waals surface area contributed by atoms with Crippen molar-refractivity contribution >= 4 is 34.7 Å². The largest absolute Gasteiger partial charge is 0.340 e. The Kier molecular flexibility index (Phi) is 3.27. The summed E-state index contributed by atoms with van der Waals surface area (Å²) in [4.78, 5) is 8.01. The van der Waals surface area contributed by atoms with E-state index in [1.54, 1.807) is 0 Å². The molecule has 1 aromatic carbocycles. The zero-order valence-electron chi connectivity index (χ0n) is 8.54. The molecule has 16 heavy (non-hydrogen) atoms. The first-order valence-corrected chi connectivity index (χ1v) is 5.42. The van der Waals surface area contributed by atoms with E-state index in [1.165, 1.54) is 6.33 Å². The molecule has 0 spiro atoms. The first-order chi connectivity index (χ1) is 7.66. The second-order valence-corrected chi connectivity index (χ2v) is 4.06. The maximum atomic E-state index is 5.89. The Balaban J connectivity index is 2.27. The summed E-state index contributed by atoms with van der Waals surface area (Å²) in [7, 11) is 0. The number of rotatable bonds is 2. The van der Waals surface area contributed by atoms with Crippen molar-refractivity contribution in [2.24, 2.45) is 0 Å². The lowest BCUT2D eigenvalue weighted by molar-refractivity contribution is 1.13. The second-order valence-electron chi connectivity index (χ2n) is 3.27. The molecule has 0 aliphatic heterocycles. The summed E-state index contributed by atoms with van der Waals surface area (Å²) >= 11 is 11.7. The number of halogens is 2. The molecule has 3 nitrogen and oxygen atoms in total. The average molecular weight is 254 g/mol. The van der Waals surface area contributed by atoms with Gasteiger partial charge in [-0.1, -0.05) is 23.2 Å². The first kappa shape index (κ1) is 11.2. The highest BCUT2D eigenvalue weighted by Gasteiger charge is 2.04. The fourth-order valence-corrected chi connectivity index (χ4v) is 1.48. The van der Waals surface area contributed by atoms with Crippen LogP contribution >= 0.6 is 23.2 Å². The fraction of sp³-hybridized carbons (Fsp3) is 0.0909. The Hall–Kier alpha value is -1.32. The summed E-state index contributed by atoms with van der Waals surface area (Å²) in [6, 6.07) is 7.36. The minimum atomic E-state index is 0.450. The molecule has 0 saturated heterocycles. The summed E-state index contributed by atoms with van der Waals surface area (Å²) in [6.45, 7) is 1.86. The molecule has 0 amide bonds. The van der Waals surface area contributed by atoms with E-state index >= 15 is 0 Å². The molecule has 0 fully saturated rings. The van der Waals surface area contributed by atoms with Crippen LogP contribution in [0.4, 0.5) is 11.5 Å². The van der Waals surface area contributed by atoms with Gasteiger partial charge in [0.1, 0.15) is 17.3 Å².